The Kier molecular flexibility index (Phi) is 6.54. The number of nitrogens with one attached hydrogen (secondary N) is 1. The van der Waals surface area contributed by atoms with Crippen molar-refractivity contribution in [3.8, 4) is 0 Å². The van der Waals surface area contributed by atoms with E-state index < -0.39 is 0 Å². The minimum atomic E-state index is 0.449. The van der Waals surface area contributed by atoms with E-state index in [1.165, 1.54) is 21.1 Å². The zero-order valence-corrected chi connectivity index (χ0v) is 14.1. The van der Waals surface area contributed by atoms with Gasteiger partial charge in [0.2, 0.25) is 0 Å². The number of hydrogen-bond donors (Lipinski definition) is 1. The van der Waals surface area contributed by atoms with Crippen molar-refractivity contribution in [1.29, 1.82) is 0 Å². The quantitative estimate of drug-likeness (QED) is 0.671. The molecule has 2 aromatic carbocycles. The second-order valence-corrected chi connectivity index (χ2v) is 6.33. The highest BCUT2D eigenvalue weighted by Gasteiger charge is 2.10. The van der Waals surface area contributed by atoms with Crippen LogP contribution in [0, 0.1) is 3.57 Å². The highest BCUT2D eigenvalue weighted by atomic mass is 127. The van der Waals surface area contributed by atoms with Gasteiger partial charge in [-0.1, -0.05) is 49.4 Å². The average Bonchev–Trinajstić information content (AvgIpc) is 2.48. The topological polar surface area (TPSA) is 12.0 Å². The lowest BCUT2D eigenvalue weighted by Crippen LogP contribution is -2.22. The molecule has 0 saturated carbocycles. The summed E-state index contributed by atoms with van der Waals surface area (Å²) in [4.78, 5) is 0. The summed E-state index contributed by atoms with van der Waals surface area (Å²) in [6, 6.07) is 20.0. The van der Waals surface area contributed by atoms with Crippen LogP contribution < -0.4 is 5.32 Å². The average molecular weight is 379 g/mol. The van der Waals surface area contributed by atoms with E-state index in [0.29, 0.717) is 6.04 Å². The molecule has 0 amide bonds. The molecule has 0 fully saturated rings. The maximum Gasteiger partial charge on any atom is 0.0323 e. The van der Waals surface area contributed by atoms with Gasteiger partial charge >= 0.3 is 0 Å². The largest absolute Gasteiger partial charge is 0.310 e. The van der Waals surface area contributed by atoms with Gasteiger partial charge in [0.15, 0.2) is 0 Å². The van der Waals surface area contributed by atoms with Crippen LogP contribution in [0.3, 0.4) is 0 Å². The molecule has 0 spiro atoms. The van der Waals surface area contributed by atoms with Crippen LogP contribution in [0.1, 0.15) is 36.9 Å². The molecule has 0 bridgehead atoms. The van der Waals surface area contributed by atoms with Crippen molar-refractivity contribution < 1.29 is 0 Å². The predicted molar refractivity (Wildman–Crippen MR) is 95.0 cm³/mol. The van der Waals surface area contributed by atoms with Gasteiger partial charge in [0.25, 0.3) is 0 Å². The lowest BCUT2D eigenvalue weighted by Gasteiger charge is -2.19. The van der Waals surface area contributed by atoms with E-state index in [2.05, 4.69) is 89.4 Å². The summed E-state index contributed by atoms with van der Waals surface area (Å²) < 4.78 is 1.31. The predicted octanol–water partition coefficient (Wildman–Crippen LogP) is 4.96. The monoisotopic (exact) mass is 379 g/mol. The molecule has 0 radical (unpaired) electrons. The summed E-state index contributed by atoms with van der Waals surface area (Å²) in [7, 11) is 0. The first-order valence-electron chi connectivity index (χ1n) is 7.32. The molecule has 0 aliphatic heterocycles. The SMILES string of the molecule is CCCNC(CCc1ccccc1)c1cccc(I)c1. The second kappa shape index (κ2) is 8.42. The second-order valence-electron chi connectivity index (χ2n) is 5.09. The molecule has 1 nitrogen and oxygen atoms in total. The summed E-state index contributed by atoms with van der Waals surface area (Å²) in [5, 5.41) is 3.68. The molecule has 0 aliphatic carbocycles. The summed E-state index contributed by atoms with van der Waals surface area (Å²) >= 11 is 2.39. The Morgan fingerprint density at radius 2 is 1.85 bits per heavy atom. The number of hydrogen-bond acceptors (Lipinski definition) is 1. The molecule has 0 heterocycles. The standard InChI is InChI=1S/C18H22IN/c1-2-13-20-18(16-9-6-10-17(19)14-16)12-11-15-7-4-3-5-8-15/h3-10,14,18,20H,2,11-13H2,1H3. The molecule has 0 aliphatic rings. The Morgan fingerprint density at radius 1 is 1.05 bits per heavy atom. The molecule has 2 aromatic rings. The van der Waals surface area contributed by atoms with Gasteiger partial charge in [-0.05, 0) is 71.7 Å². The van der Waals surface area contributed by atoms with E-state index in [9.17, 15) is 0 Å². The zero-order chi connectivity index (χ0) is 14.2. The molecular weight excluding hydrogens is 357 g/mol. The molecule has 2 heteroatoms. The maximum absolute atomic E-state index is 3.68. The van der Waals surface area contributed by atoms with E-state index >= 15 is 0 Å². The molecule has 1 atom stereocenters. The third kappa shape index (κ3) is 4.91. The molecule has 0 saturated heterocycles. The number of aryl methyl sites for hydroxylation is 1. The summed E-state index contributed by atoms with van der Waals surface area (Å²) in [6.45, 7) is 3.29. The Hall–Kier alpha value is -0.870. The van der Waals surface area contributed by atoms with Crippen LogP contribution in [0.2, 0.25) is 0 Å². The van der Waals surface area contributed by atoms with Crippen molar-refractivity contribution in [2.24, 2.45) is 0 Å². The number of benzene rings is 2. The van der Waals surface area contributed by atoms with Gasteiger partial charge in [-0.2, -0.15) is 0 Å². The highest BCUT2D eigenvalue weighted by Crippen LogP contribution is 2.21. The van der Waals surface area contributed by atoms with Crippen LogP contribution in [0.15, 0.2) is 54.6 Å². The van der Waals surface area contributed by atoms with Crippen LogP contribution in [0.4, 0.5) is 0 Å². The highest BCUT2D eigenvalue weighted by molar-refractivity contribution is 14.1. The molecule has 20 heavy (non-hydrogen) atoms. The Balaban J connectivity index is 2.03. The number of rotatable bonds is 7. The zero-order valence-electron chi connectivity index (χ0n) is 12.0. The normalized spacial score (nSPS) is 12.3. The van der Waals surface area contributed by atoms with Crippen LogP contribution >= 0.6 is 22.6 Å². The van der Waals surface area contributed by atoms with Gasteiger partial charge in [-0.25, -0.2) is 0 Å². The van der Waals surface area contributed by atoms with Crippen LogP contribution in [0.5, 0.6) is 0 Å². The van der Waals surface area contributed by atoms with E-state index in [1.807, 2.05) is 0 Å². The lowest BCUT2D eigenvalue weighted by molar-refractivity contribution is 0.499. The fourth-order valence-corrected chi connectivity index (χ4v) is 2.95. The first kappa shape index (κ1) is 15.5. The Morgan fingerprint density at radius 3 is 2.55 bits per heavy atom. The van der Waals surface area contributed by atoms with Crippen LogP contribution in [-0.4, -0.2) is 6.54 Å². The summed E-state index contributed by atoms with van der Waals surface area (Å²) in [6.07, 6.45) is 3.43. The van der Waals surface area contributed by atoms with Crippen molar-refractivity contribution in [2.45, 2.75) is 32.2 Å². The molecule has 1 unspecified atom stereocenters. The fraction of sp³-hybridized carbons (Fsp3) is 0.333. The third-order valence-electron chi connectivity index (χ3n) is 3.46. The van der Waals surface area contributed by atoms with Crippen LogP contribution in [0.25, 0.3) is 0 Å². The van der Waals surface area contributed by atoms with Crippen molar-refractivity contribution in [2.75, 3.05) is 6.54 Å². The van der Waals surface area contributed by atoms with Crippen molar-refractivity contribution >= 4 is 22.6 Å². The fourth-order valence-electron chi connectivity index (χ4n) is 2.38. The van der Waals surface area contributed by atoms with E-state index in [-0.39, 0.29) is 0 Å². The van der Waals surface area contributed by atoms with Crippen molar-refractivity contribution in [1.82, 2.24) is 5.32 Å². The van der Waals surface area contributed by atoms with Crippen molar-refractivity contribution in [3.63, 3.8) is 0 Å². The maximum atomic E-state index is 3.68. The van der Waals surface area contributed by atoms with Gasteiger partial charge in [-0.3, -0.25) is 0 Å². The molecule has 2 rings (SSSR count). The van der Waals surface area contributed by atoms with E-state index in [0.717, 1.165) is 19.4 Å². The van der Waals surface area contributed by atoms with Gasteiger partial charge < -0.3 is 5.32 Å². The number of halogens is 1. The summed E-state index contributed by atoms with van der Waals surface area (Å²) in [5.74, 6) is 0. The van der Waals surface area contributed by atoms with Crippen molar-refractivity contribution in [3.05, 3.63) is 69.3 Å². The van der Waals surface area contributed by atoms with Crippen LogP contribution in [-0.2, 0) is 6.42 Å². The molecule has 0 aromatic heterocycles. The van der Waals surface area contributed by atoms with E-state index in [1.54, 1.807) is 0 Å². The Bertz CT molecular complexity index is 510. The minimum absolute atomic E-state index is 0.449. The molecular formula is C18H22IN. The summed E-state index contributed by atoms with van der Waals surface area (Å²) in [5.41, 5.74) is 2.82. The minimum Gasteiger partial charge on any atom is -0.310 e. The smallest absolute Gasteiger partial charge is 0.0323 e. The van der Waals surface area contributed by atoms with E-state index in [4.69, 9.17) is 0 Å². The third-order valence-corrected chi connectivity index (χ3v) is 4.13. The molecule has 1 N–H and O–H groups in total. The lowest BCUT2D eigenvalue weighted by atomic mass is 9.99. The van der Waals surface area contributed by atoms with Gasteiger partial charge in [0.1, 0.15) is 0 Å². The van der Waals surface area contributed by atoms with Gasteiger partial charge in [0.05, 0.1) is 0 Å². The first-order chi connectivity index (χ1) is 9.79. The van der Waals surface area contributed by atoms with Gasteiger partial charge in [0, 0.05) is 9.61 Å². The first-order valence-corrected chi connectivity index (χ1v) is 8.40. The Labute approximate surface area is 135 Å². The van der Waals surface area contributed by atoms with Gasteiger partial charge in [-0.15, -0.1) is 0 Å². The molecule has 106 valence electrons.